The van der Waals surface area contributed by atoms with Gasteiger partial charge < -0.3 is 0 Å². The van der Waals surface area contributed by atoms with Crippen molar-refractivity contribution < 1.29 is 21.0 Å². The van der Waals surface area contributed by atoms with E-state index in [9.17, 15) is 0 Å². The minimum atomic E-state index is -2.44. The summed E-state index contributed by atoms with van der Waals surface area (Å²) >= 11 is -2.44. The van der Waals surface area contributed by atoms with E-state index < -0.39 is 21.0 Å². The summed E-state index contributed by atoms with van der Waals surface area (Å²) in [7, 11) is 0. The normalized spacial score (nSPS) is 21.1. The summed E-state index contributed by atoms with van der Waals surface area (Å²) < 4.78 is 8.35. The minimum absolute atomic E-state index is 0.218. The molecule has 0 nitrogen and oxygen atoms in total. The Labute approximate surface area is 178 Å². The second kappa shape index (κ2) is 6.87. The summed E-state index contributed by atoms with van der Waals surface area (Å²) in [4.78, 5) is 0. The van der Waals surface area contributed by atoms with Gasteiger partial charge in [0.05, 0.1) is 0 Å². The molecule has 4 rings (SSSR count). The van der Waals surface area contributed by atoms with E-state index in [0.29, 0.717) is 11.8 Å². The van der Waals surface area contributed by atoms with Crippen molar-refractivity contribution in [3.63, 3.8) is 0 Å². The molecule has 2 atom stereocenters. The van der Waals surface area contributed by atoms with Crippen LogP contribution in [0.2, 0.25) is 0 Å². The predicted molar refractivity (Wildman–Crippen MR) is 120 cm³/mol. The third-order valence-electron chi connectivity index (χ3n) is 6.29. The summed E-state index contributed by atoms with van der Waals surface area (Å²) in [6.07, 6.45) is 5.04. The molecule has 2 aromatic rings. The number of allylic oxidation sites excluding steroid dienone is 2. The molecule has 2 unspecified atom stereocenters. The van der Waals surface area contributed by atoms with Crippen LogP contribution in [0, 0.1) is 10.8 Å². The van der Waals surface area contributed by atoms with Crippen molar-refractivity contribution in [3.05, 3.63) is 77.4 Å². The zero-order valence-electron chi connectivity index (χ0n) is 18.1. The molecule has 0 saturated heterocycles. The van der Waals surface area contributed by atoms with Crippen LogP contribution in [0.3, 0.4) is 0 Å². The molecule has 0 N–H and O–H groups in total. The van der Waals surface area contributed by atoms with Gasteiger partial charge in [-0.3, -0.25) is 0 Å². The summed E-state index contributed by atoms with van der Waals surface area (Å²) in [5, 5.41) is 0. The Morgan fingerprint density at radius 1 is 0.643 bits per heavy atom. The summed E-state index contributed by atoms with van der Waals surface area (Å²) in [6.45, 7) is 14.4. The van der Waals surface area contributed by atoms with Crippen LogP contribution >= 0.6 is 0 Å². The van der Waals surface area contributed by atoms with E-state index >= 15 is 0 Å². The van der Waals surface area contributed by atoms with Crippen LogP contribution in [-0.4, -0.2) is 4.26 Å². The summed E-state index contributed by atoms with van der Waals surface area (Å²) in [5.74, 6) is 1.02. The van der Waals surface area contributed by atoms with Crippen molar-refractivity contribution in [3.8, 4) is 0 Å². The average molecular weight is 535 g/mol. The Hall–Kier alpha value is -1.34. The zero-order chi connectivity index (χ0) is 20.3. The summed E-state index contributed by atoms with van der Waals surface area (Å²) in [6, 6.07) is 18.0. The van der Waals surface area contributed by atoms with Crippen LogP contribution in [0.25, 0.3) is 12.2 Å². The molecular formula is C27H32Hf. The van der Waals surface area contributed by atoms with Gasteiger partial charge in [0.2, 0.25) is 0 Å². The van der Waals surface area contributed by atoms with Gasteiger partial charge in [0.25, 0.3) is 0 Å². The molecule has 0 saturated carbocycles. The fourth-order valence-corrected chi connectivity index (χ4v) is 15.5. The topological polar surface area (TPSA) is 0 Å². The van der Waals surface area contributed by atoms with E-state index in [1.807, 2.05) is 0 Å². The van der Waals surface area contributed by atoms with Crippen molar-refractivity contribution in [1.29, 1.82) is 0 Å². The molecule has 0 bridgehead atoms. The molecular weight excluding hydrogens is 503 g/mol. The van der Waals surface area contributed by atoms with Crippen LogP contribution in [0.15, 0.2) is 55.2 Å². The van der Waals surface area contributed by atoms with Gasteiger partial charge in [0.1, 0.15) is 0 Å². The molecule has 0 aliphatic heterocycles. The first kappa shape index (κ1) is 20.0. The molecule has 0 fully saturated rings. The van der Waals surface area contributed by atoms with E-state index in [2.05, 4.69) is 102 Å². The zero-order valence-corrected chi connectivity index (χ0v) is 21.7. The van der Waals surface area contributed by atoms with E-state index in [1.165, 1.54) is 22.3 Å². The molecule has 28 heavy (non-hydrogen) atoms. The van der Waals surface area contributed by atoms with Gasteiger partial charge in [0, 0.05) is 0 Å². The van der Waals surface area contributed by atoms with E-state index in [4.69, 9.17) is 4.26 Å². The van der Waals surface area contributed by atoms with Crippen molar-refractivity contribution in [2.45, 2.75) is 53.4 Å². The Balaban J connectivity index is 1.82. The molecule has 1 heteroatoms. The Bertz CT molecular complexity index is 924. The predicted octanol–water partition coefficient (Wildman–Crippen LogP) is 7.41. The van der Waals surface area contributed by atoms with Crippen molar-refractivity contribution >= 4 is 16.4 Å². The van der Waals surface area contributed by atoms with Crippen molar-refractivity contribution in [2.75, 3.05) is 0 Å². The fraction of sp³-hybridized carbons (Fsp3) is 0.370. The first-order valence-electron chi connectivity index (χ1n) is 10.4. The van der Waals surface area contributed by atoms with Crippen LogP contribution < -0.4 is 0 Å². The van der Waals surface area contributed by atoms with Gasteiger partial charge in [-0.25, -0.2) is 0 Å². The van der Waals surface area contributed by atoms with Gasteiger partial charge in [-0.2, -0.15) is 0 Å². The summed E-state index contributed by atoms with van der Waals surface area (Å²) in [5.41, 5.74) is 6.31. The van der Waals surface area contributed by atoms with E-state index in [1.54, 1.807) is 6.66 Å². The Morgan fingerprint density at radius 3 is 1.36 bits per heavy atom. The third-order valence-corrected chi connectivity index (χ3v) is 14.4. The molecule has 0 aromatic heterocycles. The van der Waals surface area contributed by atoms with E-state index in [0.717, 1.165) is 0 Å². The molecule has 144 valence electrons. The molecule has 0 heterocycles. The molecule has 0 spiro atoms. The van der Waals surface area contributed by atoms with Crippen LogP contribution in [0.1, 0.15) is 75.6 Å². The molecule has 0 amide bonds. The maximum atomic E-state index is 4.97. The SMILES string of the molecule is [CH2]=[Hf]([C]1=Cc2ccccc2C1C(C)(C)C)[C]1=Cc2ccccc2C1C(C)(C)C. The first-order valence-corrected chi connectivity index (χ1v) is 16.5. The Kier molecular flexibility index (Phi) is 4.90. The van der Waals surface area contributed by atoms with Crippen LogP contribution in [-0.2, 0) is 21.0 Å². The number of rotatable bonds is 2. The van der Waals surface area contributed by atoms with Gasteiger partial charge >= 0.3 is 179 Å². The van der Waals surface area contributed by atoms with Crippen molar-refractivity contribution in [2.24, 2.45) is 10.8 Å². The van der Waals surface area contributed by atoms with Gasteiger partial charge in [-0.15, -0.1) is 0 Å². The number of hydrogen-bond acceptors (Lipinski definition) is 0. The monoisotopic (exact) mass is 536 g/mol. The second-order valence-electron chi connectivity index (χ2n) is 10.5. The average Bonchev–Trinajstić information content (AvgIpc) is 3.19. The second-order valence-corrected chi connectivity index (χ2v) is 18.1. The quantitative estimate of drug-likeness (QED) is 0.352. The number of benzene rings is 2. The van der Waals surface area contributed by atoms with Gasteiger partial charge in [-0.05, 0) is 0 Å². The molecule has 0 radical (unpaired) electrons. The molecule has 2 aliphatic carbocycles. The van der Waals surface area contributed by atoms with Gasteiger partial charge in [0.15, 0.2) is 0 Å². The number of hydrogen-bond donors (Lipinski definition) is 0. The standard InChI is InChI=1S/2C13H15.CH2.Hf/c2*1-13(2,3)12-9-8-10-6-4-5-7-11(10)12;;/h2*4-8,12H,1-3H3;1H2;. The fourth-order valence-electron chi connectivity index (χ4n) is 5.20. The van der Waals surface area contributed by atoms with Gasteiger partial charge in [-0.1, -0.05) is 0 Å². The van der Waals surface area contributed by atoms with Crippen LogP contribution in [0.4, 0.5) is 0 Å². The maximum absolute atomic E-state index is 4.97. The first-order chi connectivity index (χ1) is 13.1. The Morgan fingerprint density at radius 2 is 1.00 bits per heavy atom. The van der Waals surface area contributed by atoms with Crippen molar-refractivity contribution in [1.82, 2.24) is 0 Å². The number of fused-ring (bicyclic) bond motifs is 2. The molecule has 2 aromatic carbocycles. The van der Waals surface area contributed by atoms with Crippen LogP contribution in [0.5, 0.6) is 0 Å². The van der Waals surface area contributed by atoms with E-state index in [-0.39, 0.29) is 10.8 Å². The third kappa shape index (κ3) is 3.30. The molecule has 2 aliphatic rings.